The van der Waals surface area contributed by atoms with Crippen molar-refractivity contribution in [2.45, 2.75) is 90.1 Å². The minimum Gasteiger partial charge on any atom is -0.508 e. The number of hydrogen-bond donors (Lipinski definition) is 2. The third-order valence-corrected chi connectivity index (χ3v) is 7.17. The zero-order valence-electron chi connectivity index (χ0n) is 18.0. The molecule has 2 nitrogen and oxygen atoms in total. The summed E-state index contributed by atoms with van der Waals surface area (Å²) in [7, 11) is 0. The van der Waals surface area contributed by atoms with Crippen LogP contribution in [0.1, 0.15) is 93.0 Å². The van der Waals surface area contributed by atoms with E-state index in [1.165, 1.54) is 29.5 Å². The van der Waals surface area contributed by atoms with Gasteiger partial charge >= 0.3 is 0 Å². The molecule has 0 heterocycles. The summed E-state index contributed by atoms with van der Waals surface area (Å²) in [5.41, 5.74) is 5.05. The van der Waals surface area contributed by atoms with E-state index in [1.54, 1.807) is 0 Å². The molecular weight excluding hydrogens is 344 g/mol. The topological polar surface area (TPSA) is 40.5 Å². The molecule has 0 aliphatic heterocycles. The summed E-state index contributed by atoms with van der Waals surface area (Å²) in [5.74, 6) is 0.354. The molecule has 2 aromatic carbocycles. The molecule has 0 spiro atoms. The lowest BCUT2D eigenvalue weighted by Crippen LogP contribution is -2.29. The third kappa shape index (κ3) is 3.72. The van der Waals surface area contributed by atoms with E-state index in [4.69, 9.17) is 0 Å². The molecule has 0 unspecified atom stereocenters. The van der Waals surface area contributed by atoms with Crippen LogP contribution in [0.4, 0.5) is 0 Å². The number of phenols is 1. The third-order valence-electron chi connectivity index (χ3n) is 7.17. The molecule has 0 atom stereocenters. The highest BCUT2D eigenvalue weighted by Gasteiger charge is 2.34. The van der Waals surface area contributed by atoms with Gasteiger partial charge in [-0.25, -0.2) is 0 Å². The van der Waals surface area contributed by atoms with Crippen molar-refractivity contribution in [2.24, 2.45) is 0 Å². The molecule has 1 aliphatic rings. The second kappa shape index (κ2) is 8.29. The van der Waals surface area contributed by atoms with Crippen LogP contribution in [0, 0.1) is 13.8 Å². The van der Waals surface area contributed by atoms with E-state index in [0.717, 1.165) is 49.7 Å². The minimum absolute atomic E-state index is 0.0756. The molecular formula is C26H36O2. The highest BCUT2D eigenvalue weighted by molar-refractivity contribution is 5.47. The van der Waals surface area contributed by atoms with Gasteiger partial charge in [-0.3, -0.25) is 0 Å². The average Bonchev–Trinajstić information content (AvgIpc) is 2.91. The quantitative estimate of drug-likeness (QED) is 0.570. The van der Waals surface area contributed by atoms with E-state index in [2.05, 4.69) is 51.1 Å². The van der Waals surface area contributed by atoms with E-state index in [-0.39, 0.29) is 5.41 Å². The Morgan fingerprint density at radius 3 is 1.86 bits per heavy atom. The molecule has 0 bridgehead atoms. The van der Waals surface area contributed by atoms with Crippen molar-refractivity contribution < 1.29 is 10.2 Å². The van der Waals surface area contributed by atoms with E-state index in [9.17, 15) is 10.2 Å². The molecule has 2 aromatic rings. The van der Waals surface area contributed by atoms with E-state index in [1.807, 2.05) is 13.0 Å². The van der Waals surface area contributed by atoms with Gasteiger partial charge in [0.1, 0.15) is 5.75 Å². The van der Waals surface area contributed by atoms with Crippen molar-refractivity contribution in [1.29, 1.82) is 0 Å². The second-order valence-corrected chi connectivity index (χ2v) is 8.77. The smallest absolute Gasteiger partial charge is 0.118 e. The zero-order valence-corrected chi connectivity index (χ0v) is 18.0. The summed E-state index contributed by atoms with van der Waals surface area (Å²) < 4.78 is 0. The van der Waals surface area contributed by atoms with Crippen LogP contribution >= 0.6 is 0 Å². The van der Waals surface area contributed by atoms with Gasteiger partial charge in [-0.05, 0) is 73.4 Å². The van der Waals surface area contributed by atoms with Crippen molar-refractivity contribution in [3.63, 3.8) is 0 Å². The summed E-state index contributed by atoms with van der Waals surface area (Å²) >= 11 is 0. The van der Waals surface area contributed by atoms with Crippen molar-refractivity contribution in [3.05, 3.63) is 64.2 Å². The van der Waals surface area contributed by atoms with Crippen LogP contribution in [0.25, 0.3) is 0 Å². The van der Waals surface area contributed by atoms with Crippen molar-refractivity contribution in [2.75, 3.05) is 0 Å². The molecule has 152 valence electrons. The minimum atomic E-state index is -0.671. The monoisotopic (exact) mass is 380 g/mol. The predicted octanol–water partition coefficient (Wildman–Crippen LogP) is 6.66. The van der Waals surface area contributed by atoms with Crippen molar-refractivity contribution in [1.82, 2.24) is 0 Å². The molecule has 3 rings (SSSR count). The Bertz CT molecular complexity index is 809. The van der Waals surface area contributed by atoms with Crippen molar-refractivity contribution >= 4 is 0 Å². The van der Waals surface area contributed by atoms with E-state index >= 15 is 0 Å². The molecule has 2 N–H and O–H groups in total. The zero-order chi connectivity index (χ0) is 20.4. The summed E-state index contributed by atoms with van der Waals surface area (Å²) in [6.07, 6.45) is 8.42. The van der Waals surface area contributed by atoms with Crippen LogP contribution in [0.15, 0.2) is 36.4 Å². The number of aromatic hydroxyl groups is 1. The number of benzene rings is 2. The lowest BCUT2D eigenvalue weighted by atomic mass is 9.69. The molecule has 2 heteroatoms. The summed E-state index contributed by atoms with van der Waals surface area (Å²) in [6, 6.07) is 12.7. The molecule has 1 fully saturated rings. The van der Waals surface area contributed by atoms with Gasteiger partial charge in [0, 0.05) is 5.41 Å². The van der Waals surface area contributed by atoms with Crippen molar-refractivity contribution in [3.8, 4) is 5.75 Å². The standard InChI is InChI=1S/C26H36O2/c1-5-25(6-2,22-12-14-24(27)20(4)18-22)21-11-13-23(19(3)17-21)26(28)15-9-7-8-10-16-26/h11-14,17-18,27-28H,5-10,15-16H2,1-4H3. The Morgan fingerprint density at radius 2 is 1.36 bits per heavy atom. The van der Waals surface area contributed by atoms with E-state index < -0.39 is 5.60 Å². The highest BCUT2D eigenvalue weighted by Crippen LogP contribution is 2.43. The normalized spacial score (nSPS) is 17.3. The first-order chi connectivity index (χ1) is 13.4. The van der Waals surface area contributed by atoms with Gasteiger partial charge in [0.15, 0.2) is 0 Å². The van der Waals surface area contributed by atoms with Crippen LogP contribution in [0.5, 0.6) is 5.75 Å². The Balaban J connectivity index is 2.05. The number of aryl methyl sites for hydroxylation is 2. The lowest BCUT2D eigenvalue weighted by Gasteiger charge is -2.35. The average molecular weight is 381 g/mol. The fourth-order valence-corrected chi connectivity index (χ4v) is 5.25. The Morgan fingerprint density at radius 1 is 0.821 bits per heavy atom. The summed E-state index contributed by atoms with van der Waals surface area (Å²) in [6.45, 7) is 8.60. The highest BCUT2D eigenvalue weighted by atomic mass is 16.3. The van der Waals surface area contributed by atoms with Gasteiger partial charge in [-0.1, -0.05) is 69.9 Å². The number of phenolic OH excluding ortho intramolecular Hbond substituents is 1. The van der Waals surface area contributed by atoms with Gasteiger partial charge < -0.3 is 10.2 Å². The Hall–Kier alpha value is -1.80. The van der Waals surface area contributed by atoms with Crippen LogP contribution < -0.4 is 0 Å². The van der Waals surface area contributed by atoms with E-state index in [0.29, 0.717) is 5.75 Å². The number of hydrogen-bond acceptors (Lipinski definition) is 2. The van der Waals surface area contributed by atoms with Gasteiger partial charge in [-0.2, -0.15) is 0 Å². The molecule has 1 saturated carbocycles. The van der Waals surface area contributed by atoms with Crippen LogP contribution in [0.3, 0.4) is 0 Å². The van der Waals surface area contributed by atoms with Crippen LogP contribution in [0.2, 0.25) is 0 Å². The Labute approximate surface area is 170 Å². The maximum atomic E-state index is 11.4. The largest absolute Gasteiger partial charge is 0.508 e. The summed E-state index contributed by atoms with van der Waals surface area (Å²) in [5, 5.41) is 21.3. The van der Waals surface area contributed by atoms with Gasteiger partial charge in [0.25, 0.3) is 0 Å². The van der Waals surface area contributed by atoms with Crippen LogP contribution in [-0.2, 0) is 11.0 Å². The fraction of sp³-hybridized carbons (Fsp3) is 0.538. The fourth-order valence-electron chi connectivity index (χ4n) is 5.25. The van der Waals surface area contributed by atoms with Gasteiger partial charge in [0.05, 0.1) is 5.60 Å². The molecule has 28 heavy (non-hydrogen) atoms. The molecule has 0 amide bonds. The maximum Gasteiger partial charge on any atom is 0.118 e. The Kier molecular flexibility index (Phi) is 6.19. The lowest BCUT2D eigenvalue weighted by molar-refractivity contribution is 0.0201. The first-order valence-corrected chi connectivity index (χ1v) is 11.0. The van der Waals surface area contributed by atoms with Crippen LogP contribution in [-0.4, -0.2) is 10.2 Å². The molecule has 0 saturated heterocycles. The first-order valence-electron chi connectivity index (χ1n) is 11.0. The molecule has 0 aromatic heterocycles. The number of rotatable bonds is 5. The van der Waals surface area contributed by atoms with Gasteiger partial charge in [0.2, 0.25) is 0 Å². The predicted molar refractivity (Wildman–Crippen MR) is 117 cm³/mol. The second-order valence-electron chi connectivity index (χ2n) is 8.77. The maximum absolute atomic E-state index is 11.4. The SMILES string of the molecule is CCC(CC)(c1ccc(O)c(C)c1)c1ccc(C2(O)CCCCCC2)c(C)c1. The summed E-state index contributed by atoms with van der Waals surface area (Å²) in [4.78, 5) is 0. The number of aliphatic hydroxyl groups is 1. The molecule has 1 aliphatic carbocycles. The first kappa shape index (κ1) is 20.9. The molecule has 0 radical (unpaired) electrons. The van der Waals surface area contributed by atoms with Gasteiger partial charge in [-0.15, -0.1) is 0 Å².